The molecule has 2 rings (SSSR count). The van der Waals surface area contributed by atoms with E-state index in [0.717, 1.165) is 11.3 Å². The smallest absolute Gasteiger partial charge is 0.405 e. The summed E-state index contributed by atoms with van der Waals surface area (Å²) in [7, 11) is 1.59. The van der Waals surface area contributed by atoms with E-state index in [1.807, 2.05) is 24.3 Å². The van der Waals surface area contributed by atoms with Crippen LogP contribution in [-0.2, 0) is 11.2 Å². The summed E-state index contributed by atoms with van der Waals surface area (Å²) in [4.78, 5) is 10.9. The Hall–Kier alpha value is -2.64. The Kier molecular flexibility index (Phi) is 3.91. The predicted octanol–water partition coefficient (Wildman–Crippen LogP) is 0.587. The lowest BCUT2D eigenvalue weighted by atomic mass is 10.1. The van der Waals surface area contributed by atoms with Gasteiger partial charge in [0.25, 0.3) is 0 Å². The zero-order chi connectivity index (χ0) is 13.7. The van der Waals surface area contributed by atoms with Crippen LogP contribution in [0.2, 0.25) is 0 Å². The van der Waals surface area contributed by atoms with Crippen LogP contribution >= 0.6 is 0 Å². The van der Waals surface area contributed by atoms with Crippen LogP contribution in [0.4, 0.5) is 4.79 Å². The number of benzene rings is 1. The van der Waals surface area contributed by atoms with Crippen molar-refractivity contribution in [2.75, 3.05) is 7.11 Å². The van der Waals surface area contributed by atoms with E-state index in [2.05, 4.69) is 20.6 Å². The van der Waals surface area contributed by atoms with Crippen LogP contribution in [0, 0.1) is 0 Å². The predicted molar refractivity (Wildman–Crippen MR) is 64.3 cm³/mol. The number of hydrogen-bond donors (Lipinski definition) is 2. The van der Waals surface area contributed by atoms with Gasteiger partial charge in [-0.1, -0.05) is 17.3 Å². The van der Waals surface area contributed by atoms with E-state index in [0.29, 0.717) is 6.42 Å². The Morgan fingerprint density at radius 1 is 1.42 bits per heavy atom. The van der Waals surface area contributed by atoms with Crippen molar-refractivity contribution in [1.29, 1.82) is 0 Å². The third kappa shape index (κ3) is 3.41. The minimum absolute atomic E-state index is 0.273. The van der Waals surface area contributed by atoms with Gasteiger partial charge in [0.1, 0.15) is 5.75 Å². The van der Waals surface area contributed by atoms with Gasteiger partial charge in [-0.2, -0.15) is 5.21 Å². The van der Waals surface area contributed by atoms with Crippen molar-refractivity contribution in [2.24, 2.45) is 5.73 Å². The number of methoxy groups -OCH3 is 1. The summed E-state index contributed by atoms with van der Waals surface area (Å²) in [6.07, 6.45) is -1.17. The molecule has 0 saturated heterocycles. The first kappa shape index (κ1) is 12.8. The number of carbonyl (C=O) groups is 1. The number of amides is 1. The number of tetrazole rings is 1. The first-order chi connectivity index (χ1) is 9.19. The fourth-order valence-corrected chi connectivity index (χ4v) is 1.61. The van der Waals surface area contributed by atoms with Crippen molar-refractivity contribution in [1.82, 2.24) is 20.6 Å². The first-order valence-corrected chi connectivity index (χ1v) is 5.51. The Labute approximate surface area is 108 Å². The molecular weight excluding hydrogens is 250 g/mol. The van der Waals surface area contributed by atoms with Gasteiger partial charge < -0.3 is 15.2 Å². The molecule has 0 saturated carbocycles. The van der Waals surface area contributed by atoms with E-state index in [-0.39, 0.29) is 5.82 Å². The van der Waals surface area contributed by atoms with Gasteiger partial charge in [-0.3, -0.25) is 0 Å². The third-order valence-electron chi connectivity index (χ3n) is 2.49. The maximum atomic E-state index is 10.9. The molecule has 1 amide bonds. The molecule has 1 aromatic carbocycles. The highest BCUT2D eigenvalue weighted by molar-refractivity contribution is 5.64. The van der Waals surface area contributed by atoms with Gasteiger partial charge in [-0.15, -0.1) is 10.2 Å². The van der Waals surface area contributed by atoms with Crippen molar-refractivity contribution in [3.8, 4) is 5.75 Å². The lowest BCUT2D eigenvalue weighted by Gasteiger charge is -2.13. The zero-order valence-corrected chi connectivity index (χ0v) is 10.2. The monoisotopic (exact) mass is 263 g/mol. The van der Waals surface area contributed by atoms with Gasteiger partial charge in [0, 0.05) is 6.42 Å². The van der Waals surface area contributed by atoms with Crippen molar-refractivity contribution in [2.45, 2.75) is 12.5 Å². The van der Waals surface area contributed by atoms with Gasteiger partial charge in [0.15, 0.2) is 6.10 Å². The number of aromatic amines is 1. The number of nitrogens with two attached hydrogens (primary N) is 1. The molecule has 0 spiro atoms. The minimum atomic E-state index is -0.886. The molecule has 2 aromatic rings. The van der Waals surface area contributed by atoms with Crippen LogP contribution in [0.15, 0.2) is 24.3 Å². The van der Waals surface area contributed by atoms with Crippen molar-refractivity contribution < 1.29 is 14.3 Å². The quantitative estimate of drug-likeness (QED) is 0.815. The topological polar surface area (TPSA) is 116 Å². The molecule has 19 heavy (non-hydrogen) atoms. The van der Waals surface area contributed by atoms with Gasteiger partial charge >= 0.3 is 6.09 Å². The number of ether oxygens (including phenoxy) is 2. The van der Waals surface area contributed by atoms with E-state index in [1.54, 1.807) is 7.11 Å². The Bertz CT molecular complexity index is 526. The summed E-state index contributed by atoms with van der Waals surface area (Å²) in [5.74, 6) is 1.02. The summed E-state index contributed by atoms with van der Waals surface area (Å²) in [6.45, 7) is 0. The lowest BCUT2D eigenvalue weighted by Crippen LogP contribution is -2.20. The molecule has 0 bridgehead atoms. The number of primary amides is 1. The average Bonchev–Trinajstić information content (AvgIpc) is 2.92. The van der Waals surface area contributed by atoms with Crippen LogP contribution in [0.1, 0.15) is 17.5 Å². The van der Waals surface area contributed by atoms with E-state index in [9.17, 15) is 4.79 Å². The van der Waals surface area contributed by atoms with Crippen molar-refractivity contribution in [3.05, 3.63) is 35.7 Å². The normalized spacial score (nSPS) is 11.8. The van der Waals surface area contributed by atoms with Gasteiger partial charge in [-0.05, 0) is 17.7 Å². The molecule has 1 heterocycles. The second-order valence-electron chi connectivity index (χ2n) is 3.75. The fraction of sp³-hybridized carbons (Fsp3) is 0.273. The number of carbonyl (C=O) groups excluding carboxylic acids is 1. The number of hydrogen-bond acceptors (Lipinski definition) is 6. The van der Waals surface area contributed by atoms with Crippen molar-refractivity contribution >= 4 is 6.09 Å². The summed E-state index contributed by atoms with van der Waals surface area (Å²) in [5.41, 5.74) is 5.96. The molecule has 0 radical (unpaired) electrons. The van der Waals surface area contributed by atoms with Gasteiger partial charge in [0.05, 0.1) is 7.11 Å². The molecule has 0 aliphatic carbocycles. The van der Waals surface area contributed by atoms with Crippen LogP contribution < -0.4 is 10.5 Å². The van der Waals surface area contributed by atoms with Crippen molar-refractivity contribution in [3.63, 3.8) is 0 Å². The average molecular weight is 263 g/mol. The number of nitrogens with one attached hydrogen (secondary N) is 1. The molecule has 3 N–H and O–H groups in total. The Balaban J connectivity index is 2.12. The number of H-pyrrole nitrogens is 1. The number of aromatic nitrogens is 4. The molecule has 100 valence electrons. The third-order valence-corrected chi connectivity index (χ3v) is 2.49. The van der Waals surface area contributed by atoms with Gasteiger partial charge in [0.2, 0.25) is 5.82 Å². The molecule has 1 aromatic heterocycles. The van der Waals surface area contributed by atoms with Crippen LogP contribution in [0.5, 0.6) is 5.75 Å². The molecule has 8 nitrogen and oxygen atoms in total. The summed E-state index contributed by atoms with van der Waals surface area (Å²) in [6, 6.07) is 7.34. The lowest BCUT2D eigenvalue weighted by molar-refractivity contribution is 0.101. The molecule has 1 atom stereocenters. The number of nitrogens with zero attached hydrogens (tertiary/aromatic N) is 3. The van der Waals surface area contributed by atoms with E-state index in [4.69, 9.17) is 15.2 Å². The number of rotatable bonds is 5. The largest absolute Gasteiger partial charge is 0.497 e. The maximum absolute atomic E-state index is 10.9. The Morgan fingerprint density at radius 3 is 2.68 bits per heavy atom. The second-order valence-corrected chi connectivity index (χ2v) is 3.75. The SMILES string of the molecule is COc1ccc(C[C@H](OC(N)=O)c2nn[nH]n2)cc1. The summed E-state index contributed by atoms with van der Waals surface area (Å²) in [5, 5.41) is 13.3. The molecule has 0 aliphatic heterocycles. The fourth-order valence-electron chi connectivity index (χ4n) is 1.61. The Morgan fingerprint density at radius 2 is 2.16 bits per heavy atom. The summed E-state index contributed by atoms with van der Waals surface area (Å²) < 4.78 is 10.0. The van der Waals surface area contributed by atoms with E-state index in [1.165, 1.54) is 0 Å². The zero-order valence-electron chi connectivity index (χ0n) is 10.2. The molecule has 8 heteroatoms. The van der Waals surface area contributed by atoms with Crippen LogP contribution in [0.25, 0.3) is 0 Å². The highest BCUT2D eigenvalue weighted by atomic mass is 16.6. The van der Waals surface area contributed by atoms with E-state index >= 15 is 0 Å². The van der Waals surface area contributed by atoms with Gasteiger partial charge in [-0.25, -0.2) is 4.79 Å². The van der Waals surface area contributed by atoms with Crippen LogP contribution in [0.3, 0.4) is 0 Å². The first-order valence-electron chi connectivity index (χ1n) is 5.51. The molecule has 0 fully saturated rings. The minimum Gasteiger partial charge on any atom is -0.497 e. The summed E-state index contributed by atoms with van der Waals surface area (Å²) >= 11 is 0. The maximum Gasteiger partial charge on any atom is 0.405 e. The second kappa shape index (κ2) is 5.80. The van der Waals surface area contributed by atoms with Crippen LogP contribution in [-0.4, -0.2) is 33.8 Å². The molecule has 0 aliphatic rings. The molecular formula is C11H13N5O3. The standard InChI is InChI=1S/C11H13N5O3/c1-18-8-4-2-7(3-5-8)6-9(19-11(12)17)10-13-15-16-14-10/h2-5,9H,6H2,1H3,(H2,12,17)(H,13,14,15,16)/t9-/m0/s1. The highest BCUT2D eigenvalue weighted by Crippen LogP contribution is 2.20. The van der Waals surface area contributed by atoms with E-state index < -0.39 is 12.2 Å². The molecule has 0 unspecified atom stereocenters. The highest BCUT2D eigenvalue weighted by Gasteiger charge is 2.20.